The Morgan fingerprint density at radius 3 is 2.46 bits per heavy atom. The third-order valence-corrected chi connectivity index (χ3v) is 3.61. The second kappa shape index (κ2) is 6.20. The van der Waals surface area contributed by atoms with Gasteiger partial charge in [0.2, 0.25) is 5.43 Å². The van der Waals surface area contributed by atoms with E-state index in [9.17, 15) is 9.59 Å². The molecule has 0 radical (unpaired) electrons. The topological polar surface area (TPSA) is 79.5 Å². The molecule has 0 fully saturated rings. The van der Waals surface area contributed by atoms with Crippen LogP contribution in [-0.4, -0.2) is 17.1 Å². The number of carboxylic acid groups (broad SMARTS) is 1. The second-order valence-electron chi connectivity index (χ2n) is 5.82. The molecule has 5 heteroatoms. The summed E-state index contributed by atoms with van der Waals surface area (Å²) in [5.74, 6) is -0.633. The number of hydrogen-bond donors (Lipinski definition) is 2. The van der Waals surface area contributed by atoms with Gasteiger partial charge >= 0.3 is 5.97 Å². The molecule has 0 bridgehead atoms. The van der Waals surface area contributed by atoms with Gasteiger partial charge in [0.1, 0.15) is 11.3 Å². The number of nitrogens with one attached hydrogen (secondary N) is 1. The standard InChI is InChI=1S/C19H17NO4/c1-11(2)20-16-17(21)14-10-13(19(22)23)8-9-15(14)24-18(16)12-6-4-3-5-7-12/h3-11,20H,1-2H3,(H,22,23). The molecule has 24 heavy (non-hydrogen) atoms. The summed E-state index contributed by atoms with van der Waals surface area (Å²) >= 11 is 0. The van der Waals surface area contributed by atoms with Gasteiger partial charge in [-0.15, -0.1) is 0 Å². The van der Waals surface area contributed by atoms with Crippen molar-refractivity contribution in [3.8, 4) is 11.3 Å². The number of aromatic carboxylic acids is 1. The molecule has 3 aromatic rings. The molecule has 0 aliphatic heterocycles. The minimum absolute atomic E-state index is 0.0236. The molecule has 0 spiro atoms. The van der Waals surface area contributed by atoms with Crippen molar-refractivity contribution in [2.45, 2.75) is 19.9 Å². The molecule has 0 unspecified atom stereocenters. The van der Waals surface area contributed by atoms with Crippen molar-refractivity contribution in [3.05, 3.63) is 64.3 Å². The van der Waals surface area contributed by atoms with E-state index >= 15 is 0 Å². The van der Waals surface area contributed by atoms with Gasteiger partial charge in [-0.1, -0.05) is 30.3 Å². The molecule has 1 aromatic heterocycles. The first-order valence-corrected chi connectivity index (χ1v) is 7.63. The largest absolute Gasteiger partial charge is 0.478 e. The highest BCUT2D eigenvalue weighted by Gasteiger charge is 2.18. The first-order chi connectivity index (χ1) is 11.5. The molecule has 0 saturated heterocycles. The number of hydrogen-bond acceptors (Lipinski definition) is 4. The maximum absolute atomic E-state index is 12.9. The van der Waals surface area contributed by atoms with Crippen molar-refractivity contribution in [3.63, 3.8) is 0 Å². The summed E-state index contributed by atoms with van der Waals surface area (Å²) in [6, 6.07) is 13.7. The van der Waals surface area contributed by atoms with Gasteiger partial charge in [0.25, 0.3) is 0 Å². The van der Waals surface area contributed by atoms with E-state index in [-0.39, 0.29) is 22.4 Å². The van der Waals surface area contributed by atoms with Crippen LogP contribution in [0.4, 0.5) is 5.69 Å². The van der Waals surface area contributed by atoms with E-state index in [1.165, 1.54) is 18.2 Å². The lowest BCUT2D eigenvalue weighted by molar-refractivity contribution is 0.0697. The van der Waals surface area contributed by atoms with Crippen LogP contribution in [-0.2, 0) is 0 Å². The van der Waals surface area contributed by atoms with Crippen LogP contribution in [0.3, 0.4) is 0 Å². The van der Waals surface area contributed by atoms with Crippen molar-refractivity contribution in [2.75, 3.05) is 5.32 Å². The first-order valence-electron chi connectivity index (χ1n) is 7.63. The Labute approximate surface area is 138 Å². The Morgan fingerprint density at radius 2 is 1.83 bits per heavy atom. The molecular weight excluding hydrogens is 306 g/mol. The Bertz CT molecular complexity index is 958. The van der Waals surface area contributed by atoms with E-state index in [0.29, 0.717) is 17.0 Å². The minimum Gasteiger partial charge on any atom is -0.478 e. The second-order valence-corrected chi connectivity index (χ2v) is 5.82. The monoisotopic (exact) mass is 323 g/mol. The fourth-order valence-corrected chi connectivity index (χ4v) is 2.54. The van der Waals surface area contributed by atoms with Crippen LogP contribution >= 0.6 is 0 Å². The molecule has 0 aliphatic carbocycles. The highest BCUT2D eigenvalue weighted by Crippen LogP contribution is 2.29. The van der Waals surface area contributed by atoms with E-state index in [1.807, 2.05) is 44.2 Å². The van der Waals surface area contributed by atoms with Crippen molar-refractivity contribution in [1.82, 2.24) is 0 Å². The maximum Gasteiger partial charge on any atom is 0.335 e. The van der Waals surface area contributed by atoms with Gasteiger partial charge in [0.05, 0.1) is 10.9 Å². The van der Waals surface area contributed by atoms with Gasteiger partial charge in [-0.05, 0) is 32.0 Å². The Kier molecular flexibility index (Phi) is 4.08. The van der Waals surface area contributed by atoms with E-state index in [0.717, 1.165) is 5.56 Å². The number of fused-ring (bicyclic) bond motifs is 1. The molecule has 0 amide bonds. The van der Waals surface area contributed by atoms with Gasteiger partial charge in [-0.3, -0.25) is 4.79 Å². The van der Waals surface area contributed by atoms with Crippen molar-refractivity contribution in [1.29, 1.82) is 0 Å². The van der Waals surface area contributed by atoms with Gasteiger partial charge < -0.3 is 14.8 Å². The average molecular weight is 323 g/mol. The van der Waals surface area contributed by atoms with Crippen LogP contribution in [0.1, 0.15) is 24.2 Å². The third-order valence-electron chi connectivity index (χ3n) is 3.61. The molecule has 0 atom stereocenters. The number of anilines is 1. The lowest BCUT2D eigenvalue weighted by Gasteiger charge is -2.14. The van der Waals surface area contributed by atoms with E-state index < -0.39 is 5.97 Å². The van der Waals surface area contributed by atoms with Crippen molar-refractivity contribution >= 4 is 22.6 Å². The maximum atomic E-state index is 12.9. The summed E-state index contributed by atoms with van der Waals surface area (Å²) in [5.41, 5.74) is 1.26. The summed E-state index contributed by atoms with van der Waals surface area (Å²) in [4.78, 5) is 24.1. The smallest absolute Gasteiger partial charge is 0.335 e. The fraction of sp³-hybridized carbons (Fsp3) is 0.158. The molecular formula is C19H17NO4. The molecule has 2 aromatic carbocycles. The SMILES string of the molecule is CC(C)Nc1c(-c2ccccc2)oc2ccc(C(=O)O)cc2c1=O. The Morgan fingerprint density at radius 1 is 1.12 bits per heavy atom. The van der Waals surface area contributed by atoms with Crippen LogP contribution in [0.15, 0.2) is 57.7 Å². The normalized spacial score (nSPS) is 11.0. The third kappa shape index (κ3) is 2.88. The molecule has 0 saturated carbocycles. The number of rotatable bonds is 4. The zero-order valence-corrected chi connectivity index (χ0v) is 13.4. The molecule has 0 aliphatic rings. The average Bonchev–Trinajstić information content (AvgIpc) is 2.57. The fourth-order valence-electron chi connectivity index (χ4n) is 2.54. The minimum atomic E-state index is -1.08. The number of carboxylic acids is 1. The summed E-state index contributed by atoms with van der Waals surface area (Å²) in [7, 11) is 0. The van der Waals surface area contributed by atoms with Gasteiger partial charge in [0, 0.05) is 11.6 Å². The summed E-state index contributed by atoms with van der Waals surface area (Å²) < 4.78 is 5.94. The van der Waals surface area contributed by atoms with E-state index in [2.05, 4.69) is 5.32 Å². The predicted octanol–water partition coefficient (Wildman–Crippen LogP) is 3.98. The lowest BCUT2D eigenvalue weighted by Crippen LogP contribution is -2.19. The first kappa shape index (κ1) is 15.8. The molecule has 2 N–H and O–H groups in total. The molecule has 1 heterocycles. The lowest BCUT2D eigenvalue weighted by atomic mass is 10.1. The predicted molar refractivity (Wildman–Crippen MR) is 93.6 cm³/mol. The van der Waals surface area contributed by atoms with Crippen LogP contribution in [0.25, 0.3) is 22.3 Å². The quantitative estimate of drug-likeness (QED) is 0.759. The van der Waals surface area contributed by atoms with Crippen molar-refractivity contribution < 1.29 is 14.3 Å². The molecule has 5 nitrogen and oxygen atoms in total. The number of carbonyl (C=O) groups is 1. The Balaban J connectivity index is 2.33. The summed E-state index contributed by atoms with van der Waals surface area (Å²) in [5, 5.41) is 12.5. The van der Waals surface area contributed by atoms with Crippen molar-refractivity contribution in [2.24, 2.45) is 0 Å². The van der Waals surface area contributed by atoms with Crippen LogP contribution in [0.5, 0.6) is 0 Å². The van der Waals surface area contributed by atoms with Crippen LogP contribution in [0.2, 0.25) is 0 Å². The van der Waals surface area contributed by atoms with Gasteiger partial charge in [0.15, 0.2) is 5.76 Å². The number of benzene rings is 2. The Hall–Kier alpha value is -3.08. The highest BCUT2D eigenvalue weighted by molar-refractivity contribution is 5.94. The van der Waals surface area contributed by atoms with E-state index in [4.69, 9.17) is 9.52 Å². The molecule has 122 valence electrons. The van der Waals surface area contributed by atoms with Gasteiger partial charge in [-0.25, -0.2) is 4.79 Å². The van der Waals surface area contributed by atoms with Gasteiger partial charge in [-0.2, -0.15) is 0 Å². The zero-order valence-electron chi connectivity index (χ0n) is 13.4. The highest BCUT2D eigenvalue weighted by atomic mass is 16.4. The zero-order chi connectivity index (χ0) is 17.3. The molecule has 3 rings (SSSR count). The summed E-state index contributed by atoms with van der Waals surface area (Å²) in [6.07, 6.45) is 0. The van der Waals surface area contributed by atoms with Crippen LogP contribution in [0, 0.1) is 0 Å². The van der Waals surface area contributed by atoms with Crippen LogP contribution < -0.4 is 10.7 Å². The summed E-state index contributed by atoms with van der Waals surface area (Å²) in [6.45, 7) is 3.85. The van der Waals surface area contributed by atoms with E-state index in [1.54, 1.807) is 0 Å².